The van der Waals surface area contributed by atoms with E-state index in [0.717, 1.165) is 27.3 Å². The number of esters is 1. The minimum Gasteiger partial charge on any atom is -0.448 e. The van der Waals surface area contributed by atoms with Gasteiger partial charge in [-0.15, -0.1) is 11.3 Å². The number of aromatic nitrogens is 1. The van der Waals surface area contributed by atoms with Crippen molar-refractivity contribution in [1.82, 2.24) is 4.98 Å². The summed E-state index contributed by atoms with van der Waals surface area (Å²) in [6.07, 6.45) is -0.933. The van der Waals surface area contributed by atoms with Crippen LogP contribution in [-0.2, 0) is 9.53 Å². The summed E-state index contributed by atoms with van der Waals surface area (Å²) in [6.45, 7) is 7.46. The third-order valence-corrected chi connectivity index (χ3v) is 5.20. The number of rotatable bonds is 5. The normalized spacial score (nSPS) is 11.7. The summed E-state index contributed by atoms with van der Waals surface area (Å²) in [4.78, 5) is 29.1. The summed E-state index contributed by atoms with van der Waals surface area (Å²) in [5.41, 5.74) is 5.07. The van der Waals surface area contributed by atoms with Crippen LogP contribution >= 0.6 is 11.3 Å². The van der Waals surface area contributed by atoms with Crippen molar-refractivity contribution in [3.05, 3.63) is 70.2 Å². The maximum atomic E-state index is 12.4. The van der Waals surface area contributed by atoms with Gasteiger partial charge in [-0.1, -0.05) is 47.5 Å². The van der Waals surface area contributed by atoms with E-state index in [1.54, 1.807) is 12.3 Å². The first-order valence-corrected chi connectivity index (χ1v) is 9.83. The van der Waals surface area contributed by atoms with Gasteiger partial charge >= 0.3 is 5.97 Å². The Morgan fingerprint density at radius 2 is 1.71 bits per heavy atom. The first kappa shape index (κ1) is 19.8. The summed E-state index contributed by atoms with van der Waals surface area (Å²) >= 11 is 1.37. The van der Waals surface area contributed by atoms with Crippen LogP contribution in [0.1, 0.15) is 34.1 Å². The molecule has 144 valence electrons. The number of amides is 1. The fraction of sp³-hybridized carbons (Fsp3) is 0.227. The molecule has 0 aliphatic carbocycles. The molecule has 2 aromatic carbocycles. The van der Waals surface area contributed by atoms with Crippen molar-refractivity contribution in [2.75, 3.05) is 5.32 Å². The van der Waals surface area contributed by atoms with Crippen molar-refractivity contribution in [3.8, 4) is 10.6 Å². The minimum absolute atomic E-state index is 0.201. The third-order valence-electron chi connectivity index (χ3n) is 4.30. The van der Waals surface area contributed by atoms with Gasteiger partial charge in [-0.3, -0.25) is 4.79 Å². The number of ether oxygens (including phenoxy) is 1. The summed E-state index contributed by atoms with van der Waals surface area (Å²) in [5.74, 6) is -0.993. The zero-order valence-corrected chi connectivity index (χ0v) is 17.1. The van der Waals surface area contributed by atoms with Crippen LogP contribution in [0.4, 0.5) is 5.69 Å². The molecule has 1 heterocycles. The van der Waals surface area contributed by atoms with Crippen molar-refractivity contribution in [1.29, 1.82) is 0 Å². The molecule has 5 nitrogen and oxygen atoms in total. The van der Waals surface area contributed by atoms with E-state index in [1.807, 2.05) is 63.2 Å². The van der Waals surface area contributed by atoms with Crippen LogP contribution in [0.15, 0.2) is 47.8 Å². The molecule has 0 aliphatic heterocycles. The average Bonchev–Trinajstić information content (AvgIpc) is 3.14. The number of carbonyl (C=O) groups is 2. The molecule has 1 atom stereocenters. The van der Waals surface area contributed by atoms with Gasteiger partial charge in [0, 0.05) is 16.6 Å². The van der Waals surface area contributed by atoms with E-state index in [-0.39, 0.29) is 11.6 Å². The quantitative estimate of drug-likeness (QED) is 0.624. The first-order valence-electron chi connectivity index (χ1n) is 8.95. The molecule has 1 unspecified atom stereocenters. The average molecular weight is 394 g/mol. The molecule has 1 N–H and O–H groups in total. The van der Waals surface area contributed by atoms with Gasteiger partial charge in [0.2, 0.25) is 0 Å². The van der Waals surface area contributed by atoms with Crippen molar-refractivity contribution < 1.29 is 14.3 Å². The van der Waals surface area contributed by atoms with Gasteiger partial charge < -0.3 is 10.1 Å². The standard InChI is InChI=1S/C22H22N2O3S/c1-13-5-8-17(9-6-13)21-24-19(12-28-21)22(26)27-16(4)20(25)23-18-10-7-14(2)11-15(18)3/h5-12,16H,1-4H3,(H,23,25). The number of nitrogens with one attached hydrogen (secondary N) is 1. The van der Waals surface area contributed by atoms with Crippen LogP contribution in [0.25, 0.3) is 10.6 Å². The maximum Gasteiger partial charge on any atom is 0.358 e. The van der Waals surface area contributed by atoms with Gasteiger partial charge in [-0.25, -0.2) is 9.78 Å². The van der Waals surface area contributed by atoms with Crippen molar-refractivity contribution in [2.24, 2.45) is 0 Å². The molecule has 1 amide bonds. The van der Waals surface area contributed by atoms with Gasteiger partial charge in [0.05, 0.1) is 0 Å². The summed E-state index contributed by atoms with van der Waals surface area (Å²) in [5, 5.41) is 5.18. The molecule has 6 heteroatoms. The SMILES string of the molecule is Cc1ccc(-c2nc(C(=O)OC(C)C(=O)Nc3ccc(C)cc3C)cs2)cc1. The molecule has 0 saturated carbocycles. The molecule has 0 aliphatic rings. The summed E-state index contributed by atoms with van der Waals surface area (Å²) in [7, 11) is 0. The van der Waals surface area contributed by atoms with E-state index < -0.39 is 12.1 Å². The summed E-state index contributed by atoms with van der Waals surface area (Å²) < 4.78 is 5.30. The van der Waals surface area contributed by atoms with Crippen LogP contribution in [0.5, 0.6) is 0 Å². The zero-order chi connectivity index (χ0) is 20.3. The Bertz CT molecular complexity index is 1010. The fourth-order valence-corrected chi connectivity index (χ4v) is 3.45. The van der Waals surface area contributed by atoms with Gasteiger partial charge in [-0.05, 0) is 39.3 Å². The molecule has 0 spiro atoms. The highest BCUT2D eigenvalue weighted by atomic mass is 32.1. The number of hydrogen-bond acceptors (Lipinski definition) is 5. The number of anilines is 1. The maximum absolute atomic E-state index is 12.4. The van der Waals surface area contributed by atoms with Crippen LogP contribution in [0.3, 0.4) is 0 Å². The van der Waals surface area contributed by atoms with E-state index in [2.05, 4.69) is 10.3 Å². The highest BCUT2D eigenvalue weighted by Gasteiger charge is 2.21. The lowest BCUT2D eigenvalue weighted by atomic mass is 10.1. The van der Waals surface area contributed by atoms with Gasteiger partial charge in [0.1, 0.15) is 5.01 Å². The lowest BCUT2D eigenvalue weighted by Crippen LogP contribution is -2.30. The van der Waals surface area contributed by atoms with Crippen LogP contribution < -0.4 is 5.32 Å². The number of thiazole rings is 1. The van der Waals surface area contributed by atoms with Crippen molar-refractivity contribution in [2.45, 2.75) is 33.8 Å². The van der Waals surface area contributed by atoms with E-state index in [4.69, 9.17) is 4.74 Å². The second kappa shape index (κ2) is 8.35. The molecule has 1 aromatic heterocycles. The number of aryl methyl sites for hydroxylation is 3. The lowest BCUT2D eigenvalue weighted by Gasteiger charge is -2.14. The summed E-state index contributed by atoms with van der Waals surface area (Å²) in [6, 6.07) is 13.6. The monoisotopic (exact) mass is 394 g/mol. The highest BCUT2D eigenvalue weighted by molar-refractivity contribution is 7.13. The van der Waals surface area contributed by atoms with Gasteiger partial charge in [0.15, 0.2) is 11.8 Å². The number of hydrogen-bond donors (Lipinski definition) is 1. The van der Waals surface area contributed by atoms with Gasteiger partial charge in [0.25, 0.3) is 5.91 Å². The molecule has 0 radical (unpaired) electrons. The highest BCUT2D eigenvalue weighted by Crippen LogP contribution is 2.24. The van der Waals surface area contributed by atoms with E-state index >= 15 is 0 Å². The third kappa shape index (κ3) is 4.64. The largest absolute Gasteiger partial charge is 0.448 e. The predicted molar refractivity (Wildman–Crippen MR) is 112 cm³/mol. The zero-order valence-electron chi connectivity index (χ0n) is 16.3. The Balaban J connectivity index is 1.63. The smallest absolute Gasteiger partial charge is 0.358 e. The minimum atomic E-state index is -0.933. The van der Waals surface area contributed by atoms with Crippen LogP contribution in [-0.4, -0.2) is 23.0 Å². The Morgan fingerprint density at radius 1 is 1.04 bits per heavy atom. The van der Waals surface area contributed by atoms with E-state index in [1.165, 1.54) is 11.3 Å². The Labute approximate surface area is 168 Å². The molecule has 3 rings (SSSR count). The number of benzene rings is 2. The predicted octanol–water partition coefficient (Wildman–Crippen LogP) is 4.92. The molecule has 0 saturated heterocycles. The van der Waals surface area contributed by atoms with Crippen molar-refractivity contribution >= 4 is 28.9 Å². The molecule has 3 aromatic rings. The lowest BCUT2D eigenvalue weighted by molar-refractivity contribution is -0.123. The molecular formula is C22H22N2O3S. The first-order chi connectivity index (χ1) is 13.3. The van der Waals surface area contributed by atoms with Crippen LogP contribution in [0, 0.1) is 20.8 Å². The molecule has 28 heavy (non-hydrogen) atoms. The number of carbonyl (C=O) groups excluding carboxylic acids is 2. The van der Waals surface area contributed by atoms with Crippen molar-refractivity contribution in [3.63, 3.8) is 0 Å². The fourth-order valence-electron chi connectivity index (χ4n) is 2.66. The Hall–Kier alpha value is -2.99. The second-order valence-electron chi connectivity index (χ2n) is 6.76. The van der Waals surface area contributed by atoms with E-state index in [9.17, 15) is 9.59 Å². The number of nitrogens with zero attached hydrogens (tertiary/aromatic N) is 1. The Morgan fingerprint density at radius 3 is 2.39 bits per heavy atom. The second-order valence-corrected chi connectivity index (χ2v) is 7.62. The molecular weight excluding hydrogens is 372 g/mol. The topological polar surface area (TPSA) is 68.3 Å². The van der Waals surface area contributed by atoms with Crippen LogP contribution in [0.2, 0.25) is 0 Å². The molecule has 0 bridgehead atoms. The van der Waals surface area contributed by atoms with Gasteiger partial charge in [-0.2, -0.15) is 0 Å². The Kier molecular flexibility index (Phi) is 5.90. The van der Waals surface area contributed by atoms with E-state index in [0.29, 0.717) is 5.69 Å². The molecule has 0 fully saturated rings.